The molecule has 0 aliphatic heterocycles. The van der Waals surface area contributed by atoms with Crippen molar-refractivity contribution in [1.82, 2.24) is 61.8 Å². The normalized spacial score (nSPS) is 12.4. The number of hydrazine groups is 1. The van der Waals surface area contributed by atoms with Crippen LogP contribution in [0.2, 0.25) is 0 Å². The van der Waals surface area contributed by atoms with Gasteiger partial charge in [-0.05, 0) is 103 Å². The first kappa shape index (κ1) is 86.8. The second-order valence-electron chi connectivity index (χ2n) is 17.5. The molecular weight excluding hydrogens is 1200 g/mol. The molecule has 4 aromatic rings. The summed E-state index contributed by atoms with van der Waals surface area (Å²) in [6.07, 6.45) is 5.16. The summed E-state index contributed by atoms with van der Waals surface area (Å²) in [5.41, 5.74) is 6.59. The summed E-state index contributed by atoms with van der Waals surface area (Å²) in [4.78, 5) is 94.9. The molecule has 0 bridgehead atoms. The highest BCUT2D eigenvalue weighted by Crippen LogP contribution is 2.19. The Morgan fingerprint density at radius 3 is 1.08 bits per heavy atom. The Bertz CT molecular complexity index is 2710. The summed E-state index contributed by atoms with van der Waals surface area (Å²) in [5, 5.41) is 64.6. The van der Waals surface area contributed by atoms with Gasteiger partial charge < -0.3 is 61.0 Å². The molecule has 0 saturated carbocycles. The number of pyridine rings is 4. The third kappa shape index (κ3) is 33.5. The number of nitrogens with zero attached hydrogens (tertiary/aromatic N) is 2. The van der Waals surface area contributed by atoms with Crippen LogP contribution in [0.1, 0.15) is 152 Å². The standard InChI is InChI=1S/2C12H19N3O3.C8H10ClNO2.C8H11NO3.C6H15N.C4H10ClN3O.C2H3N.CH4.Cl2OS/c2*1-6(15-8(3)12(18)13-4)9-5-14-7(2)10(16)11(9)17;1-4(9)6-3-10-5(2)7(11)8(6)12;1-4-7(11)8(12)6(3-9-4)5(2)10;1-4-7(5-2)6-3;1-3(8-6-2)4(9)7-5;1-2-3;;1-4(2)3/h2*5-6,8,15-16H,1-4H3,(H,13,18)(H,14,17);3-4,11H,1-2H3,(H,10,12);3,5,10-11H,1-2H3,(H,9,12);4-6H2,1-3H3;3,6,8H,1-2H3,(H,7,9);1H3;1H4;/t6-,8+;6-,8-;;;;;;;/m10......./s1. The summed E-state index contributed by atoms with van der Waals surface area (Å²) in [6, 6.07) is -0.0895. The quantitative estimate of drug-likeness (QED) is 0.0289. The lowest BCUT2D eigenvalue weighted by molar-refractivity contribution is -0.123. The van der Waals surface area contributed by atoms with Crippen molar-refractivity contribution in [3.05, 3.63) is 111 Å². The van der Waals surface area contributed by atoms with Crippen LogP contribution < -0.4 is 58.7 Å². The van der Waals surface area contributed by atoms with E-state index in [4.69, 9.17) is 38.0 Å². The van der Waals surface area contributed by atoms with E-state index >= 15 is 0 Å². The maximum atomic E-state index is 11.8. The van der Waals surface area contributed by atoms with Crippen LogP contribution in [0.15, 0.2) is 44.0 Å². The predicted molar refractivity (Wildman–Crippen MR) is 336 cm³/mol. The van der Waals surface area contributed by atoms with E-state index < -0.39 is 49.1 Å². The molecule has 3 unspecified atom stereocenters. The molecule has 3 amide bonds. The first-order valence-corrected chi connectivity index (χ1v) is 29.2. The molecule has 0 aliphatic rings. The number of carbonyl (C=O) groups is 3. The van der Waals surface area contributed by atoms with Crippen molar-refractivity contribution in [3.63, 3.8) is 0 Å². The Labute approximate surface area is 513 Å². The summed E-state index contributed by atoms with van der Waals surface area (Å²) < 4.78 is 9.09. The van der Waals surface area contributed by atoms with E-state index in [1.807, 2.05) is 4.84 Å². The topological polar surface area (TPSA) is 412 Å². The van der Waals surface area contributed by atoms with Crippen molar-refractivity contribution in [2.24, 2.45) is 0 Å². The molecule has 480 valence electrons. The number of rotatable bonds is 16. The largest absolute Gasteiger partial charge is 0.503 e. The number of amides is 3. The molecule has 4 heterocycles. The number of hydrogen-bond acceptors (Lipinski definition) is 19. The van der Waals surface area contributed by atoms with Crippen molar-refractivity contribution >= 4 is 71.7 Å². The molecule has 16 N–H and O–H groups in total. The van der Waals surface area contributed by atoms with Gasteiger partial charge in [-0.3, -0.25) is 54.5 Å². The van der Waals surface area contributed by atoms with Gasteiger partial charge in [0.1, 0.15) is 0 Å². The summed E-state index contributed by atoms with van der Waals surface area (Å²) in [5.74, 6) is -1.72. The lowest BCUT2D eigenvalue weighted by atomic mass is 10.1. The SMILES string of the molecule is C.CC#N.CCN(CC)CC.CNC(=O)[C@H](C)N[C@@H](C)c1c[nH]c(C)c(O)c1=O.CNC(=O)[C@H](C)N[C@H](C)c1c[nH]c(C)c(O)c1=O.CNNC(C)C(=O)NCl.Cc1[nH]cc(C(C)Cl)c(=O)c1O.Cc1[nH]cc(C(C)O)c(=O)c1O.O=S(Cl)Cl. The second kappa shape index (κ2) is 47.2. The molecule has 4 aromatic heterocycles. The fourth-order valence-corrected chi connectivity index (χ4v) is 6.63. The fraction of sp³-hybridized carbons (Fsp3) is 0.547. The number of aliphatic hydroxyl groups is 1. The number of alkyl halides is 1. The van der Waals surface area contributed by atoms with Gasteiger partial charge in [-0.1, -0.05) is 28.2 Å². The van der Waals surface area contributed by atoms with Crippen molar-refractivity contribution in [1.29, 1.82) is 5.26 Å². The Kier molecular flexibility index (Phi) is 48.8. The third-order valence-corrected chi connectivity index (χ3v) is 11.8. The molecule has 4 rings (SSSR count). The van der Waals surface area contributed by atoms with E-state index in [1.54, 1.807) is 109 Å². The number of likely N-dealkylation sites (N-methyl/N-ethyl adjacent to an activating group) is 2. The van der Waals surface area contributed by atoms with Gasteiger partial charge in [0.25, 0.3) is 5.91 Å². The summed E-state index contributed by atoms with van der Waals surface area (Å²) in [6.45, 7) is 29.8. The van der Waals surface area contributed by atoms with Gasteiger partial charge in [-0.25, -0.2) is 9.63 Å². The van der Waals surface area contributed by atoms with Crippen LogP contribution in [-0.4, -0.2) is 131 Å². The number of halogens is 4. The predicted octanol–water partition coefficient (Wildman–Crippen LogP) is 5.40. The van der Waals surface area contributed by atoms with Gasteiger partial charge in [-0.2, -0.15) is 5.26 Å². The number of carbonyl (C=O) groups excluding carboxylic acids is 3. The van der Waals surface area contributed by atoms with Crippen LogP contribution >= 0.6 is 44.7 Å². The molecule has 0 spiro atoms. The highest BCUT2D eigenvalue weighted by atomic mass is 36.0. The maximum absolute atomic E-state index is 11.8. The average molecular weight is 1290 g/mol. The number of nitrogens with one attached hydrogen (secondary N) is 11. The number of H-pyrrole nitrogens is 4. The number of aliphatic hydroxyl groups excluding tert-OH is 1. The number of aromatic nitrogens is 4. The Morgan fingerprint density at radius 1 is 0.595 bits per heavy atom. The van der Waals surface area contributed by atoms with Crippen LogP contribution in [0, 0.1) is 39.0 Å². The molecule has 0 radical (unpaired) electrons. The van der Waals surface area contributed by atoms with E-state index in [-0.39, 0.29) is 77.2 Å². The minimum Gasteiger partial charge on any atom is -0.503 e. The summed E-state index contributed by atoms with van der Waals surface area (Å²) in [7, 11) is 12.1. The van der Waals surface area contributed by atoms with E-state index in [0.717, 1.165) is 0 Å². The first-order chi connectivity index (χ1) is 38.5. The van der Waals surface area contributed by atoms with Gasteiger partial charge in [-0.15, -0.1) is 11.6 Å². The second-order valence-corrected chi connectivity index (χ2v) is 20.9. The Morgan fingerprint density at radius 2 is 0.857 bits per heavy atom. The van der Waals surface area contributed by atoms with Gasteiger partial charge in [0.15, 0.2) is 23.0 Å². The van der Waals surface area contributed by atoms with Gasteiger partial charge in [0.05, 0.1) is 58.5 Å². The molecule has 31 heteroatoms. The molecule has 0 saturated heterocycles. The van der Waals surface area contributed by atoms with E-state index in [1.165, 1.54) is 45.9 Å². The molecule has 0 fully saturated rings. The third-order valence-electron chi connectivity index (χ3n) is 11.4. The zero-order chi connectivity index (χ0) is 65.6. The number of hydrogen-bond donors (Lipinski definition) is 16. The first-order valence-electron chi connectivity index (χ1n) is 25.6. The van der Waals surface area contributed by atoms with Crippen molar-refractivity contribution < 1.29 is 44.1 Å². The maximum Gasteiger partial charge on any atom is 0.252 e. The Balaban J connectivity index is -0.000000296. The van der Waals surface area contributed by atoms with E-state index in [2.05, 4.69) is 99.1 Å². The average Bonchev–Trinajstić information content (AvgIpc) is 3.52. The molecule has 26 nitrogen and oxygen atoms in total. The van der Waals surface area contributed by atoms with Gasteiger partial charge in [0, 0.05) is 113 Å². The lowest BCUT2D eigenvalue weighted by Gasteiger charge is -2.19. The molecular formula is C53H91Cl4N13O13S. The minimum absolute atomic E-state index is 0. The number of nitriles is 1. The monoisotopic (exact) mass is 1290 g/mol. The van der Waals surface area contributed by atoms with Crippen molar-refractivity contribution in [2.75, 3.05) is 40.8 Å². The lowest BCUT2D eigenvalue weighted by Crippen LogP contribution is -2.44. The molecule has 0 aliphatic carbocycles. The number of aryl methyl sites for hydroxylation is 4. The fourth-order valence-electron chi connectivity index (χ4n) is 6.31. The zero-order valence-electron chi connectivity index (χ0n) is 50.3. The molecule has 7 atom stereocenters. The van der Waals surface area contributed by atoms with Crippen LogP contribution in [0.25, 0.3) is 0 Å². The Hall–Kier alpha value is -6.03. The summed E-state index contributed by atoms with van der Waals surface area (Å²) >= 11 is 10.7. The number of aromatic amines is 4. The highest BCUT2D eigenvalue weighted by molar-refractivity contribution is 8.26. The van der Waals surface area contributed by atoms with E-state index in [0.29, 0.717) is 39.5 Å². The minimum atomic E-state index is -1.67. The highest BCUT2D eigenvalue weighted by Gasteiger charge is 2.21. The molecule has 84 heavy (non-hydrogen) atoms. The zero-order valence-corrected chi connectivity index (χ0v) is 54.1. The number of aromatic hydroxyl groups is 4. The van der Waals surface area contributed by atoms with Crippen LogP contribution in [0.3, 0.4) is 0 Å². The van der Waals surface area contributed by atoms with Crippen molar-refractivity contribution in [3.8, 4) is 29.1 Å². The smallest absolute Gasteiger partial charge is 0.252 e. The van der Waals surface area contributed by atoms with E-state index in [9.17, 15) is 54.0 Å². The van der Waals surface area contributed by atoms with Gasteiger partial charge in [0.2, 0.25) is 42.8 Å². The van der Waals surface area contributed by atoms with Crippen LogP contribution in [0.5, 0.6) is 23.0 Å². The van der Waals surface area contributed by atoms with Gasteiger partial charge >= 0.3 is 0 Å². The van der Waals surface area contributed by atoms with Crippen molar-refractivity contribution in [2.45, 2.75) is 153 Å². The van der Waals surface area contributed by atoms with Crippen LogP contribution in [-0.2, 0) is 23.6 Å². The van der Waals surface area contributed by atoms with Crippen LogP contribution in [0.4, 0.5) is 0 Å². The molecule has 0 aromatic carbocycles.